The lowest BCUT2D eigenvalue weighted by Gasteiger charge is -2.28. The lowest BCUT2D eigenvalue weighted by Crippen LogP contribution is -2.43. The van der Waals surface area contributed by atoms with Gasteiger partial charge in [0.25, 0.3) is 0 Å². The Morgan fingerprint density at radius 3 is 2.58 bits per heavy atom. The second-order valence-electron chi connectivity index (χ2n) is 6.98. The van der Waals surface area contributed by atoms with E-state index in [-0.39, 0.29) is 18.2 Å². The van der Waals surface area contributed by atoms with Gasteiger partial charge in [-0.25, -0.2) is 4.79 Å². The molecule has 0 aromatic heterocycles. The highest BCUT2D eigenvalue weighted by Crippen LogP contribution is 2.30. The largest absolute Gasteiger partial charge is 0.490 e. The minimum Gasteiger partial charge on any atom is -0.490 e. The average Bonchev–Trinajstić information content (AvgIpc) is 3.01. The minimum absolute atomic E-state index is 0.0119. The summed E-state index contributed by atoms with van der Waals surface area (Å²) in [6, 6.07) is 5.56. The van der Waals surface area contributed by atoms with Crippen molar-refractivity contribution in [3.05, 3.63) is 23.8 Å². The van der Waals surface area contributed by atoms with Gasteiger partial charge in [-0.15, -0.1) is 0 Å². The third kappa shape index (κ3) is 4.87. The molecule has 2 amide bonds. The molecule has 1 aromatic rings. The summed E-state index contributed by atoms with van der Waals surface area (Å²) < 4.78 is 6.10. The Bertz CT molecular complexity index is 552. The summed E-state index contributed by atoms with van der Waals surface area (Å²) in [5.74, 6) is 0.839. The van der Waals surface area contributed by atoms with E-state index in [4.69, 9.17) is 4.74 Å². The van der Waals surface area contributed by atoms with Crippen LogP contribution in [0, 0.1) is 6.92 Å². The van der Waals surface area contributed by atoms with Crippen LogP contribution in [0.2, 0.25) is 0 Å². The number of amides is 2. The number of urea groups is 1. The summed E-state index contributed by atoms with van der Waals surface area (Å²) in [6.45, 7) is 7.84. The van der Waals surface area contributed by atoms with Crippen LogP contribution in [0.4, 0.5) is 10.5 Å². The van der Waals surface area contributed by atoms with E-state index in [1.54, 1.807) is 11.8 Å². The van der Waals surface area contributed by atoms with Crippen molar-refractivity contribution in [1.82, 2.24) is 4.90 Å². The maximum Gasteiger partial charge on any atom is 0.322 e. The van der Waals surface area contributed by atoms with E-state index in [0.717, 1.165) is 29.8 Å². The number of carbonyl (C=O) groups is 1. The zero-order valence-electron chi connectivity index (χ0n) is 15.2. The lowest BCUT2D eigenvalue weighted by molar-refractivity contribution is 0.125. The normalized spacial score (nSPS) is 16.2. The first kappa shape index (κ1) is 18.6. The Morgan fingerprint density at radius 2 is 2.00 bits per heavy atom. The van der Waals surface area contributed by atoms with Gasteiger partial charge in [0.2, 0.25) is 0 Å². The molecule has 5 nitrogen and oxygen atoms in total. The van der Waals surface area contributed by atoms with Crippen LogP contribution in [0.15, 0.2) is 18.2 Å². The van der Waals surface area contributed by atoms with Crippen molar-refractivity contribution in [2.75, 3.05) is 11.9 Å². The van der Waals surface area contributed by atoms with E-state index in [9.17, 15) is 9.90 Å². The van der Waals surface area contributed by atoms with Gasteiger partial charge in [-0.3, -0.25) is 0 Å². The third-order valence-electron chi connectivity index (χ3n) is 4.47. The molecule has 0 heterocycles. The van der Waals surface area contributed by atoms with E-state index in [1.165, 1.54) is 12.8 Å². The van der Waals surface area contributed by atoms with Gasteiger partial charge >= 0.3 is 6.03 Å². The zero-order chi connectivity index (χ0) is 17.7. The quantitative estimate of drug-likeness (QED) is 0.828. The molecule has 1 aliphatic rings. The smallest absolute Gasteiger partial charge is 0.322 e. The molecule has 5 heteroatoms. The molecule has 2 N–H and O–H groups in total. The molecule has 0 aliphatic heterocycles. The van der Waals surface area contributed by atoms with Gasteiger partial charge in [-0.05, 0) is 65.5 Å². The van der Waals surface area contributed by atoms with Crippen LogP contribution >= 0.6 is 0 Å². The van der Waals surface area contributed by atoms with E-state index in [2.05, 4.69) is 5.32 Å². The van der Waals surface area contributed by atoms with Crippen molar-refractivity contribution in [3.8, 4) is 5.75 Å². The number of aliphatic hydroxyl groups excluding tert-OH is 1. The van der Waals surface area contributed by atoms with Gasteiger partial charge in [0, 0.05) is 23.8 Å². The average molecular weight is 334 g/mol. The molecule has 0 radical (unpaired) electrons. The molecular formula is C19H30N2O3. The van der Waals surface area contributed by atoms with E-state index < -0.39 is 6.10 Å². The number of benzene rings is 1. The van der Waals surface area contributed by atoms with Crippen LogP contribution < -0.4 is 10.1 Å². The van der Waals surface area contributed by atoms with Crippen LogP contribution in [0.1, 0.15) is 52.0 Å². The molecule has 1 unspecified atom stereocenters. The fourth-order valence-electron chi connectivity index (χ4n) is 3.06. The molecule has 0 bridgehead atoms. The Hall–Kier alpha value is -1.75. The standard InChI is InChI=1S/C19H30N2O3/c1-13(2)21(12-14(3)22)19(23)20-17-10-7-11-18(15(17)4)24-16-8-5-6-9-16/h7,10-11,13-14,16,22H,5-6,8-9,12H2,1-4H3,(H,20,23). The second kappa shape index (κ2) is 8.38. The molecular weight excluding hydrogens is 304 g/mol. The Balaban J connectivity index is 2.09. The number of nitrogens with zero attached hydrogens (tertiary/aromatic N) is 1. The summed E-state index contributed by atoms with van der Waals surface area (Å²) in [5, 5.41) is 12.6. The number of nitrogens with one attached hydrogen (secondary N) is 1. The van der Waals surface area contributed by atoms with Crippen LogP contribution in [-0.4, -0.2) is 40.8 Å². The number of hydrogen-bond donors (Lipinski definition) is 2. The Morgan fingerprint density at radius 1 is 1.33 bits per heavy atom. The molecule has 134 valence electrons. The topological polar surface area (TPSA) is 61.8 Å². The molecule has 1 aliphatic carbocycles. The molecule has 0 saturated heterocycles. The fraction of sp³-hybridized carbons (Fsp3) is 0.632. The van der Waals surface area contributed by atoms with Crippen LogP contribution in [0.25, 0.3) is 0 Å². The first-order valence-corrected chi connectivity index (χ1v) is 8.90. The van der Waals surface area contributed by atoms with Gasteiger partial charge in [-0.1, -0.05) is 6.07 Å². The summed E-state index contributed by atoms with van der Waals surface area (Å²) in [7, 11) is 0. The van der Waals surface area contributed by atoms with E-state index in [0.29, 0.717) is 6.54 Å². The van der Waals surface area contributed by atoms with Crippen molar-refractivity contribution < 1.29 is 14.6 Å². The summed E-state index contributed by atoms with van der Waals surface area (Å²) in [4.78, 5) is 14.2. The van der Waals surface area contributed by atoms with Crippen molar-refractivity contribution in [1.29, 1.82) is 0 Å². The van der Waals surface area contributed by atoms with Crippen molar-refractivity contribution in [2.45, 2.75) is 71.6 Å². The predicted molar refractivity (Wildman–Crippen MR) is 96.6 cm³/mol. The lowest BCUT2D eigenvalue weighted by atomic mass is 10.1. The van der Waals surface area contributed by atoms with E-state index in [1.807, 2.05) is 39.0 Å². The maximum absolute atomic E-state index is 12.6. The van der Waals surface area contributed by atoms with Gasteiger partial charge < -0.3 is 20.1 Å². The summed E-state index contributed by atoms with van der Waals surface area (Å²) in [6.07, 6.45) is 4.39. The summed E-state index contributed by atoms with van der Waals surface area (Å²) in [5.41, 5.74) is 1.70. The van der Waals surface area contributed by atoms with Crippen LogP contribution in [0.5, 0.6) is 5.75 Å². The number of carbonyl (C=O) groups excluding carboxylic acids is 1. The molecule has 2 rings (SSSR count). The second-order valence-corrected chi connectivity index (χ2v) is 6.98. The number of aliphatic hydroxyl groups is 1. The van der Waals surface area contributed by atoms with Gasteiger partial charge in [0.1, 0.15) is 5.75 Å². The number of rotatable bonds is 6. The van der Waals surface area contributed by atoms with Gasteiger partial charge in [0.15, 0.2) is 0 Å². The monoisotopic (exact) mass is 334 g/mol. The fourth-order valence-corrected chi connectivity index (χ4v) is 3.06. The van der Waals surface area contributed by atoms with Gasteiger partial charge in [-0.2, -0.15) is 0 Å². The molecule has 1 aromatic carbocycles. The van der Waals surface area contributed by atoms with Crippen molar-refractivity contribution in [3.63, 3.8) is 0 Å². The SMILES string of the molecule is Cc1c(NC(=O)N(CC(C)O)C(C)C)cccc1OC1CCCC1. The first-order chi connectivity index (χ1) is 11.4. The van der Waals surface area contributed by atoms with Crippen LogP contribution in [-0.2, 0) is 0 Å². The molecule has 1 atom stereocenters. The number of anilines is 1. The van der Waals surface area contributed by atoms with Crippen molar-refractivity contribution >= 4 is 11.7 Å². The first-order valence-electron chi connectivity index (χ1n) is 8.90. The highest BCUT2D eigenvalue weighted by atomic mass is 16.5. The highest BCUT2D eigenvalue weighted by molar-refractivity contribution is 5.90. The molecule has 1 fully saturated rings. The number of hydrogen-bond acceptors (Lipinski definition) is 3. The molecule has 1 saturated carbocycles. The highest BCUT2D eigenvalue weighted by Gasteiger charge is 2.21. The van der Waals surface area contributed by atoms with E-state index >= 15 is 0 Å². The third-order valence-corrected chi connectivity index (χ3v) is 4.47. The predicted octanol–water partition coefficient (Wildman–Crippen LogP) is 3.94. The minimum atomic E-state index is -0.559. The van der Waals surface area contributed by atoms with Crippen molar-refractivity contribution in [2.24, 2.45) is 0 Å². The molecule has 0 spiro atoms. The summed E-state index contributed by atoms with van der Waals surface area (Å²) >= 11 is 0. The molecule has 24 heavy (non-hydrogen) atoms. The van der Waals surface area contributed by atoms with Gasteiger partial charge in [0.05, 0.1) is 12.2 Å². The van der Waals surface area contributed by atoms with Crippen LogP contribution in [0.3, 0.4) is 0 Å². The Kier molecular flexibility index (Phi) is 6.49. The number of ether oxygens (including phenoxy) is 1. The Labute approximate surface area is 145 Å². The maximum atomic E-state index is 12.6. The zero-order valence-corrected chi connectivity index (χ0v) is 15.2.